The Morgan fingerprint density at radius 3 is 2.51 bits per heavy atom. The van der Waals surface area contributed by atoms with E-state index in [9.17, 15) is 29.2 Å². The Kier molecular flexibility index (Phi) is 6.30. The number of amides is 2. The van der Waals surface area contributed by atoms with Crippen molar-refractivity contribution >= 4 is 44.8 Å². The van der Waals surface area contributed by atoms with Crippen LogP contribution in [-0.2, 0) is 14.4 Å². The van der Waals surface area contributed by atoms with Crippen LogP contribution in [0.2, 0.25) is 0 Å². The lowest BCUT2D eigenvalue weighted by Crippen LogP contribution is -2.37. The third kappa shape index (κ3) is 4.17. The Hall–Kier alpha value is -4.03. The fourth-order valence-corrected chi connectivity index (χ4v) is 5.06. The number of hydroxylamine groups is 1. The first-order valence-corrected chi connectivity index (χ1v) is 12.0. The van der Waals surface area contributed by atoms with Crippen molar-refractivity contribution in [1.82, 2.24) is 0 Å². The first kappa shape index (κ1) is 24.7. The molecule has 0 bridgehead atoms. The Balaban J connectivity index is 1.64. The second kappa shape index (κ2) is 9.45. The summed E-state index contributed by atoms with van der Waals surface area (Å²) in [6, 6.07) is 12.7. The van der Waals surface area contributed by atoms with Gasteiger partial charge in [0.25, 0.3) is 11.6 Å². The lowest BCUT2D eigenvalue weighted by molar-refractivity contribution is -0.384. The fourth-order valence-electron chi connectivity index (χ4n) is 4.60. The van der Waals surface area contributed by atoms with Gasteiger partial charge >= 0.3 is 0 Å². The highest BCUT2D eigenvalue weighted by Crippen LogP contribution is 2.50. The van der Waals surface area contributed by atoms with Gasteiger partial charge in [-0.15, -0.1) is 0 Å². The molecule has 5 rings (SSSR count). The molecular weight excluding hydrogens is 553 g/mol. The molecule has 37 heavy (non-hydrogen) atoms. The molecule has 2 aliphatic rings. The molecule has 12 heteroatoms. The summed E-state index contributed by atoms with van der Waals surface area (Å²) in [4.78, 5) is 44.9. The highest BCUT2D eigenvalue weighted by atomic mass is 79.9. The van der Waals surface area contributed by atoms with Crippen molar-refractivity contribution < 1.29 is 33.6 Å². The van der Waals surface area contributed by atoms with E-state index in [0.717, 1.165) is 17.0 Å². The van der Waals surface area contributed by atoms with Crippen LogP contribution in [0.5, 0.6) is 11.5 Å². The van der Waals surface area contributed by atoms with Gasteiger partial charge in [0.1, 0.15) is 11.7 Å². The van der Waals surface area contributed by atoms with Crippen LogP contribution in [0.25, 0.3) is 0 Å². The van der Waals surface area contributed by atoms with Gasteiger partial charge in [0.2, 0.25) is 5.91 Å². The summed E-state index contributed by atoms with van der Waals surface area (Å²) in [5.74, 6) is -2.82. The van der Waals surface area contributed by atoms with E-state index in [0.29, 0.717) is 5.56 Å². The summed E-state index contributed by atoms with van der Waals surface area (Å²) in [7, 11) is 0. The zero-order valence-corrected chi connectivity index (χ0v) is 20.8. The van der Waals surface area contributed by atoms with Gasteiger partial charge in [-0.3, -0.25) is 24.5 Å². The third-order valence-corrected chi connectivity index (χ3v) is 6.79. The highest BCUT2D eigenvalue weighted by Gasteiger charge is 2.60. The van der Waals surface area contributed by atoms with Gasteiger partial charge in [0, 0.05) is 12.1 Å². The first-order valence-electron chi connectivity index (χ1n) is 11.2. The maximum Gasteiger partial charge on any atom is 0.271 e. The molecule has 0 spiro atoms. The van der Waals surface area contributed by atoms with E-state index < -0.39 is 40.6 Å². The zero-order valence-electron chi connectivity index (χ0n) is 19.2. The molecule has 2 saturated heterocycles. The number of nitro groups is 1. The quantitative estimate of drug-likeness (QED) is 0.257. The Labute approximate surface area is 218 Å². The Morgan fingerprint density at radius 1 is 1.11 bits per heavy atom. The average molecular weight is 572 g/mol. The summed E-state index contributed by atoms with van der Waals surface area (Å²) in [5, 5.41) is 23.1. The van der Waals surface area contributed by atoms with Gasteiger partial charge in [-0.05, 0) is 70.9 Å². The topological polar surface area (TPSA) is 122 Å². The van der Waals surface area contributed by atoms with Gasteiger partial charge in [0.15, 0.2) is 17.6 Å². The maximum absolute atomic E-state index is 13.7. The molecule has 2 heterocycles. The lowest BCUT2D eigenvalue weighted by Gasteiger charge is -2.29. The molecule has 190 valence electrons. The first-order chi connectivity index (χ1) is 17.7. The minimum atomic E-state index is -1.25. The number of carbonyl (C=O) groups excluding carboxylic acids is 2. The van der Waals surface area contributed by atoms with E-state index in [2.05, 4.69) is 15.9 Å². The molecule has 0 unspecified atom stereocenters. The van der Waals surface area contributed by atoms with Crippen LogP contribution >= 0.6 is 15.9 Å². The van der Waals surface area contributed by atoms with Crippen molar-refractivity contribution in [3.8, 4) is 11.5 Å². The van der Waals surface area contributed by atoms with Gasteiger partial charge in [-0.25, -0.2) is 14.4 Å². The number of hydrogen-bond acceptors (Lipinski definition) is 8. The second-order valence-corrected chi connectivity index (χ2v) is 9.22. The number of benzene rings is 3. The van der Waals surface area contributed by atoms with Crippen LogP contribution < -0.4 is 14.7 Å². The molecule has 0 saturated carbocycles. The van der Waals surface area contributed by atoms with Crippen LogP contribution in [0.1, 0.15) is 18.5 Å². The monoisotopic (exact) mass is 571 g/mol. The molecule has 2 amide bonds. The number of aromatic hydroxyl groups is 1. The van der Waals surface area contributed by atoms with E-state index in [1.807, 2.05) is 0 Å². The molecule has 2 aliphatic heterocycles. The Bertz CT molecular complexity index is 1420. The van der Waals surface area contributed by atoms with E-state index in [-0.39, 0.29) is 39.6 Å². The average Bonchev–Trinajstić information content (AvgIpc) is 3.38. The van der Waals surface area contributed by atoms with Crippen LogP contribution in [-0.4, -0.2) is 34.6 Å². The summed E-state index contributed by atoms with van der Waals surface area (Å²) < 4.78 is 19.3. The predicted molar refractivity (Wildman–Crippen MR) is 133 cm³/mol. The fraction of sp³-hybridized carbons (Fsp3) is 0.200. The summed E-state index contributed by atoms with van der Waals surface area (Å²) >= 11 is 3.30. The van der Waals surface area contributed by atoms with E-state index in [1.54, 1.807) is 19.1 Å². The zero-order chi connectivity index (χ0) is 26.4. The summed E-state index contributed by atoms with van der Waals surface area (Å²) in [6.07, 6.45) is -1.25. The SMILES string of the molecule is CCOc1cc([C@H]2[C@H]3C(=O)N(c4ccc(F)cc4)C(=O)[C@@H]3ON2c2cccc([N+](=O)[O-])c2)cc(Br)c1O. The number of phenols is 1. The molecule has 0 aliphatic carbocycles. The lowest BCUT2D eigenvalue weighted by atomic mass is 9.90. The standard InChI is InChI=1S/C25H19BrFN3O7/c1-2-36-19-11-13(10-18(26)22(19)31)21-20-23(37-29(21)16-4-3-5-17(12-16)30(34)35)25(33)28(24(20)32)15-8-6-14(27)7-9-15/h3-12,20-21,23,31H,2H2,1H3/t20-,21+,23-/m1/s1. The normalized spacial score (nSPS) is 20.9. The molecule has 2 fully saturated rings. The van der Waals surface area contributed by atoms with Crippen LogP contribution in [0, 0.1) is 21.8 Å². The molecule has 0 radical (unpaired) electrons. The number of anilines is 2. The third-order valence-electron chi connectivity index (χ3n) is 6.19. The number of ether oxygens (including phenoxy) is 1. The van der Waals surface area contributed by atoms with Gasteiger partial charge in [-0.2, -0.15) is 0 Å². The van der Waals surface area contributed by atoms with Crippen molar-refractivity contribution in [1.29, 1.82) is 0 Å². The number of hydrogen-bond donors (Lipinski definition) is 1. The van der Waals surface area contributed by atoms with E-state index in [1.165, 1.54) is 41.5 Å². The van der Waals surface area contributed by atoms with Crippen LogP contribution in [0.3, 0.4) is 0 Å². The molecule has 3 aromatic carbocycles. The van der Waals surface area contributed by atoms with Crippen molar-refractivity contribution in [2.24, 2.45) is 5.92 Å². The number of non-ortho nitro benzene ring substituents is 1. The number of imide groups is 1. The second-order valence-electron chi connectivity index (χ2n) is 8.37. The summed E-state index contributed by atoms with van der Waals surface area (Å²) in [6.45, 7) is 1.99. The number of rotatable bonds is 6. The van der Waals surface area contributed by atoms with Gasteiger partial charge in [-0.1, -0.05) is 6.07 Å². The molecule has 1 N–H and O–H groups in total. The molecule has 3 aromatic rings. The number of fused-ring (bicyclic) bond motifs is 1. The molecule has 3 atom stereocenters. The van der Waals surface area contributed by atoms with Gasteiger partial charge in [0.05, 0.1) is 33.4 Å². The number of halogens is 2. The minimum absolute atomic E-state index is 0.140. The maximum atomic E-state index is 13.7. The van der Waals surface area contributed by atoms with Crippen molar-refractivity contribution in [3.63, 3.8) is 0 Å². The predicted octanol–water partition coefficient (Wildman–Crippen LogP) is 4.65. The largest absolute Gasteiger partial charge is 0.503 e. The smallest absolute Gasteiger partial charge is 0.271 e. The van der Waals surface area contributed by atoms with E-state index in [4.69, 9.17) is 9.57 Å². The van der Waals surface area contributed by atoms with Crippen molar-refractivity contribution in [3.05, 3.63) is 86.6 Å². The number of carbonyl (C=O) groups is 2. The molecular formula is C25H19BrFN3O7. The van der Waals surface area contributed by atoms with Crippen molar-refractivity contribution in [2.45, 2.75) is 19.1 Å². The van der Waals surface area contributed by atoms with Crippen LogP contribution in [0.15, 0.2) is 65.1 Å². The van der Waals surface area contributed by atoms with E-state index >= 15 is 0 Å². The van der Waals surface area contributed by atoms with Crippen LogP contribution in [0.4, 0.5) is 21.5 Å². The number of phenolic OH excluding ortho intramolecular Hbond substituents is 1. The van der Waals surface area contributed by atoms with Crippen molar-refractivity contribution in [2.75, 3.05) is 16.6 Å². The molecule has 10 nitrogen and oxygen atoms in total. The summed E-state index contributed by atoms with van der Waals surface area (Å²) in [5.41, 5.74) is 0.695. The highest BCUT2D eigenvalue weighted by molar-refractivity contribution is 9.10. The molecule has 0 aromatic heterocycles. The Morgan fingerprint density at radius 2 is 1.84 bits per heavy atom. The number of nitro benzene ring substituents is 1. The van der Waals surface area contributed by atoms with Gasteiger partial charge < -0.3 is 9.84 Å². The number of nitrogens with zero attached hydrogens (tertiary/aromatic N) is 3. The minimum Gasteiger partial charge on any atom is -0.503 e.